The van der Waals surface area contributed by atoms with Crippen molar-refractivity contribution in [1.29, 1.82) is 0 Å². The highest BCUT2D eigenvalue weighted by Crippen LogP contribution is 2.08. The van der Waals surface area contributed by atoms with Crippen LogP contribution >= 0.6 is 11.8 Å². The van der Waals surface area contributed by atoms with Gasteiger partial charge in [0.25, 0.3) is 0 Å². The minimum atomic E-state index is 0.312. The molecule has 1 atom stereocenters. The van der Waals surface area contributed by atoms with Crippen LogP contribution in [0.1, 0.15) is 13.3 Å². The van der Waals surface area contributed by atoms with Crippen LogP contribution in [-0.2, 0) is 0 Å². The van der Waals surface area contributed by atoms with Gasteiger partial charge in [-0.1, -0.05) is 0 Å². The molecule has 0 aliphatic heterocycles. The van der Waals surface area contributed by atoms with Crippen LogP contribution in [0.15, 0.2) is 12.3 Å². The highest BCUT2D eigenvalue weighted by molar-refractivity contribution is 7.98. The summed E-state index contributed by atoms with van der Waals surface area (Å²) in [6.07, 6.45) is 4.88. The van der Waals surface area contributed by atoms with Gasteiger partial charge < -0.3 is 11.1 Å². The van der Waals surface area contributed by atoms with Crippen molar-refractivity contribution in [1.82, 2.24) is 9.97 Å². The summed E-state index contributed by atoms with van der Waals surface area (Å²) in [6, 6.07) is 2.24. The molecule has 4 nitrogen and oxygen atoms in total. The second-order valence-electron chi connectivity index (χ2n) is 3.13. The Kier molecular flexibility index (Phi) is 4.52. The molecule has 1 heterocycles. The predicted molar refractivity (Wildman–Crippen MR) is 62.5 cm³/mol. The average molecular weight is 212 g/mol. The molecule has 1 rings (SSSR count). The summed E-state index contributed by atoms with van der Waals surface area (Å²) in [7, 11) is 0. The highest BCUT2D eigenvalue weighted by Gasteiger charge is 2.02. The van der Waals surface area contributed by atoms with E-state index in [4.69, 9.17) is 5.73 Å². The Balaban J connectivity index is 2.43. The van der Waals surface area contributed by atoms with E-state index >= 15 is 0 Å². The maximum atomic E-state index is 5.47. The average Bonchev–Trinajstić information content (AvgIpc) is 2.15. The summed E-state index contributed by atoms with van der Waals surface area (Å²) in [5.41, 5.74) is 5.47. The minimum absolute atomic E-state index is 0.312. The zero-order valence-corrected chi connectivity index (χ0v) is 9.34. The first-order valence-corrected chi connectivity index (χ1v) is 5.95. The number of nitrogens with one attached hydrogen (secondary N) is 1. The molecule has 0 bridgehead atoms. The first kappa shape index (κ1) is 11.1. The topological polar surface area (TPSA) is 63.8 Å². The van der Waals surface area contributed by atoms with E-state index in [1.807, 2.05) is 17.8 Å². The molecule has 0 saturated carbocycles. The summed E-state index contributed by atoms with van der Waals surface area (Å²) in [4.78, 5) is 7.90. The minimum Gasteiger partial charge on any atom is -0.368 e. The van der Waals surface area contributed by atoms with Crippen molar-refractivity contribution in [3.05, 3.63) is 12.3 Å². The van der Waals surface area contributed by atoms with Crippen LogP contribution in [0.25, 0.3) is 0 Å². The number of nitrogens with zero attached hydrogens (tertiary/aromatic N) is 2. The fraction of sp³-hybridized carbons (Fsp3) is 0.556. The molecule has 14 heavy (non-hydrogen) atoms. The fourth-order valence-corrected chi connectivity index (χ4v) is 1.66. The van der Waals surface area contributed by atoms with Gasteiger partial charge >= 0.3 is 0 Å². The first-order valence-electron chi connectivity index (χ1n) is 4.56. The summed E-state index contributed by atoms with van der Waals surface area (Å²) in [5, 5.41) is 3.27. The zero-order chi connectivity index (χ0) is 10.4. The van der Waals surface area contributed by atoms with E-state index in [9.17, 15) is 0 Å². The smallest absolute Gasteiger partial charge is 0.221 e. The number of thioether (sulfide) groups is 1. The molecule has 3 N–H and O–H groups in total. The van der Waals surface area contributed by atoms with Gasteiger partial charge in [-0.2, -0.15) is 16.7 Å². The van der Waals surface area contributed by atoms with E-state index in [-0.39, 0.29) is 0 Å². The lowest BCUT2D eigenvalue weighted by Crippen LogP contribution is -2.17. The van der Waals surface area contributed by atoms with Gasteiger partial charge in [-0.3, -0.25) is 0 Å². The van der Waals surface area contributed by atoms with Gasteiger partial charge in [0.05, 0.1) is 0 Å². The van der Waals surface area contributed by atoms with Crippen LogP contribution < -0.4 is 11.1 Å². The van der Waals surface area contributed by atoms with Crippen molar-refractivity contribution in [3.8, 4) is 0 Å². The molecule has 0 amide bonds. The fourth-order valence-electron chi connectivity index (χ4n) is 1.07. The molecule has 0 fully saturated rings. The number of nitrogens with two attached hydrogens (primary N) is 1. The standard InChI is InChI=1S/C9H16N4S/c1-7(4-6-14-2)12-8-3-5-11-9(10)13-8/h3,5,7H,4,6H2,1-2H3,(H3,10,11,12,13). The Bertz CT molecular complexity index is 279. The van der Waals surface area contributed by atoms with E-state index in [2.05, 4.69) is 28.5 Å². The molecule has 78 valence electrons. The Morgan fingerprint density at radius 1 is 1.64 bits per heavy atom. The molecular formula is C9H16N4S. The van der Waals surface area contributed by atoms with E-state index in [0.717, 1.165) is 18.0 Å². The lowest BCUT2D eigenvalue weighted by molar-refractivity contribution is 0.766. The van der Waals surface area contributed by atoms with Gasteiger partial charge in [0.2, 0.25) is 5.95 Å². The third-order valence-corrected chi connectivity index (χ3v) is 2.47. The molecule has 5 heteroatoms. The van der Waals surface area contributed by atoms with E-state index in [1.54, 1.807) is 6.20 Å². The molecule has 1 unspecified atom stereocenters. The lowest BCUT2D eigenvalue weighted by Gasteiger charge is -2.13. The quantitative estimate of drug-likeness (QED) is 0.776. The second kappa shape index (κ2) is 5.70. The van der Waals surface area contributed by atoms with E-state index < -0.39 is 0 Å². The van der Waals surface area contributed by atoms with Gasteiger partial charge in [0.15, 0.2) is 0 Å². The number of hydrogen-bond donors (Lipinski definition) is 2. The Morgan fingerprint density at radius 2 is 2.43 bits per heavy atom. The van der Waals surface area contributed by atoms with Gasteiger partial charge in [-0.05, 0) is 31.4 Å². The molecule has 1 aromatic rings. The molecule has 0 aliphatic rings. The molecule has 0 radical (unpaired) electrons. The number of hydrogen-bond acceptors (Lipinski definition) is 5. The molecule has 0 aromatic carbocycles. The van der Waals surface area contributed by atoms with Crippen molar-refractivity contribution in [2.24, 2.45) is 0 Å². The molecule has 0 spiro atoms. The molecule has 0 aliphatic carbocycles. The van der Waals surface area contributed by atoms with Crippen molar-refractivity contribution >= 4 is 23.5 Å². The van der Waals surface area contributed by atoms with Crippen molar-refractivity contribution in [2.45, 2.75) is 19.4 Å². The predicted octanol–water partition coefficient (Wildman–Crippen LogP) is 1.61. The van der Waals surface area contributed by atoms with Crippen LogP contribution in [0.3, 0.4) is 0 Å². The summed E-state index contributed by atoms with van der Waals surface area (Å²) in [5.74, 6) is 2.26. The third-order valence-electron chi connectivity index (χ3n) is 1.82. The monoisotopic (exact) mass is 212 g/mol. The van der Waals surface area contributed by atoms with Crippen molar-refractivity contribution < 1.29 is 0 Å². The molecule has 0 saturated heterocycles. The maximum absolute atomic E-state index is 5.47. The van der Waals surface area contributed by atoms with Crippen molar-refractivity contribution in [3.63, 3.8) is 0 Å². The van der Waals surface area contributed by atoms with Gasteiger partial charge in [-0.25, -0.2) is 4.98 Å². The third kappa shape index (κ3) is 3.83. The molecule has 1 aromatic heterocycles. The SMILES string of the molecule is CSCCC(C)Nc1ccnc(N)n1. The van der Waals surface area contributed by atoms with Gasteiger partial charge in [0, 0.05) is 12.2 Å². The maximum Gasteiger partial charge on any atom is 0.221 e. The number of aromatic nitrogens is 2. The Morgan fingerprint density at radius 3 is 3.07 bits per heavy atom. The van der Waals surface area contributed by atoms with E-state index in [1.165, 1.54) is 0 Å². The van der Waals surface area contributed by atoms with Gasteiger partial charge in [-0.15, -0.1) is 0 Å². The van der Waals surface area contributed by atoms with Crippen LogP contribution in [0.4, 0.5) is 11.8 Å². The zero-order valence-electron chi connectivity index (χ0n) is 8.53. The van der Waals surface area contributed by atoms with Crippen LogP contribution in [-0.4, -0.2) is 28.0 Å². The summed E-state index contributed by atoms with van der Waals surface area (Å²) >= 11 is 1.85. The first-order chi connectivity index (χ1) is 6.72. The Hall–Kier alpha value is -0.970. The van der Waals surface area contributed by atoms with E-state index in [0.29, 0.717) is 12.0 Å². The number of rotatable bonds is 5. The van der Waals surface area contributed by atoms with Crippen LogP contribution in [0.5, 0.6) is 0 Å². The highest BCUT2D eigenvalue weighted by atomic mass is 32.2. The van der Waals surface area contributed by atoms with Crippen molar-refractivity contribution in [2.75, 3.05) is 23.1 Å². The van der Waals surface area contributed by atoms with Crippen LogP contribution in [0.2, 0.25) is 0 Å². The summed E-state index contributed by atoms with van der Waals surface area (Å²) in [6.45, 7) is 2.13. The lowest BCUT2D eigenvalue weighted by atomic mass is 10.2. The Labute approximate surface area is 88.7 Å². The number of nitrogen functional groups attached to an aromatic ring is 1. The van der Waals surface area contributed by atoms with Gasteiger partial charge in [0.1, 0.15) is 5.82 Å². The largest absolute Gasteiger partial charge is 0.368 e. The normalized spacial score (nSPS) is 12.4. The summed E-state index contributed by atoms with van der Waals surface area (Å²) < 4.78 is 0. The van der Waals surface area contributed by atoms with Crippen LogP contribution in [0, 0.1) is 0 Å². The number of anilines is 2. The second-order valence-corrected chi connectivity index (χ2v) is 4.11. The molecular weight excluding hydrogens is 196 g/mol.